The minimum atomic E-state index is -1.09. The van der Waals surface area contributed by atoms with Gasteiger partial charge in [-0.25, -0.2) is 4.79 Å². The van der Waals surface area contributed by atoms with E-state index in [1.807, 2.05) is 41.5 Å². The van der Waals surface area contributed by atoms with Crippen molar-refractivity contribution in [3.63, 3.8) is 0 Å². The molecule has 4 amide bonds. The summed E-state index contributed by atoms with van der Waals surface area (Å²) < 4.78 is 5.69. The van der Waals surface area contributed by atoms with Crippen LogP contribution >= 0.6 is 0 Å². The van der Waals surface area contributed by atoms with Crippen LogP contribution in [0.4, 0.5) is 4.79 Å². The van der Waals surface area contributed by atoms with Gasteiger partial charge < -0.3 is 26.0 Å². The molecule has 0 aromatic rings. The number of rotatable bonds is 12. The second-order valence-corrected chi connectivity index (χ2v) is 15.9. The van der Waals surface area contributed by atoms with Gasteiger partial charge in [0, 0.05) is 19.1 Å². The van der Waals surface area contributed by atoms with Gasteiger partial charge in [-0.3, -0.25) is 24.0 Å². The van der Waals surface area contributed by atoms with E-state index in [9.17, 15) is 24.0 Å². The lowest BCUT2D eigenvalue weighted by atomic mass is 9.85. The number of fused-ring (bicyclic) bond motifs is 1. The molecule has 0 spiro atoms. The smallest absolute Gasteiger partial charge is 0.408 e. The summed E-state index contributed by atoms with van der Waals surface area (Å²) in [5.41, 5.74) is 3.14. The van der Waals surface area contributed by atoms with Crippen molar-refractivity contribution in [2.24, 2.45) is 34.3 Å². The van der Waals surface area contributed by atoms with Gasteiger partial charge in [0.2, 0.25) is 17.6 Å². The van der Waals surface area contributed by atoms with Crippen LogP contribution in [0.2, 0.25) is 0 Å². The van der Waals surface area contributed by atoms with Crippen molar-refractivity contribution in [3.8, 4) is 0 Å². The monoisotopic (exact) mass is 607 g/mol. The summed E-state index contributed by atoms with van der Waals surface area (Å²) >= 11 is 0. The maximum absolute atomic E-state index is 14.1. The fraction of sp³-hybridized carbons (Fsp3) is 0.839. The standard InChI is InChI=1S/C31H53N5O7/c1-28(2,3)23(34-27(41)43-30(7,8)16-42-35(11)29(4,5)6)26(40)36-15-18-20(31(18,9)10)21(36)25(39)33-19(14-17-12-13-17)22(37)24(32)38/h17-21,23H,12-16H2,1-11H3,(H2,32,38)(H,33,39)(H,34,41)/t18-,19?,20-,21-,23+/m0/s1. The fourth-order valence-corrected chi connectivity index (χ4v) is 5.85. The summed E-state index contributed by atoms with van der Waals surface area (Å²) in [6.45, 7) is 19.5. The summed E-state index contributed by atoms with van der Waals surface area (Å²) in [5, 5.41) is 7.21. The van der Waals surface area contributed by atoms with E-state index in [0.717, 1.165) is 12.8 Å². The third-order valence-corrected chi connectivity index (χ3v) is 9.20. The molecule has 2 saturated carbocycles. The minimum absolute atomic E-state index is 0.0874. The maximum Gasteiger partial charge on any atom is 0.408 e. The molecule has 12 nitrogen and oxygen atoms in total. The Morgan fingerprint density at radius 3 is 2.07 bits per heavy atom. The predicted molar refractivity (Wildman–Crippen MR) is 160 cm³/mol. The molecule has 3 fully saturated rings. The van der Waals surface area contributed by atoms with Gasteiger partial charge in [-0.2, -0.15) is 5.06 Å². The Labute approximate surface area is 256 Å². The summed E-state index contributed by atoms with van der Waals surface area (Å²) in [6.07, 6.45) is 1.42. The number of likely N-dealkylation sites (tertiary alicyclic amines) is 1. The average Bonchev–Trinajstić information content (AvgIpc) is 3.70. The average molecular weight is 608 g/mol. The normalized spacial score (nSPS) is 24.6. The number of hydrogen-bond acceptors (Lipinski definition) is 8. The van der Waals surface area contributed by atoms with E-state index >= 15 is 0 Å². The highest BCUT2D eigenvalue weighted by molar-refractivity contribution is 6.37. The number of Topliss-reactive ketones (excluding diaryl/α,β-unsaturated/α-hetero) is 1. The summed E-state index contributed by atoms with van der Waals surface area (Å²) in [6, 6.07) is -2.88. The molecule has 0 aromatic carbocycles. The third-order valence-electron chi connectivity index (χ3n) is 9.20. The fourth-order valence-electron chi connectivity index (χ4n) is 5.85. The summed E-state index contributed by atoms with van der Waals surface area (Å²) in [4.78, 5) is 72.6. The van der Waals surface area contributed by atoms with E-state index in [1.54, 1.807) is 26.0 Å². The molecular weight excluding hydrogens is 554 g/mol. The van der Waals surface area contributed by atoms with Crippen LogP contribution in [0.1, 0.15) is 88.5 Å². The molecule has 4 N–H and O–H groups in total. The van der Waals surface area contributed by atoms with Crippen LogP contribution in [-0.4, -0.2) is 89.0 Å². The second kappa shape index (κ2) is 12.0. The maximum atomic E-state index is 14.1. The number of hydrogen-bond donors (Lipinski definition) is 3. The van der Waals surface area contributed by atoms with Gasteiger partial charge in [0.25, 0.3) is 5.91 Å². The van der Waals surface area contributed by atoms with Crippen molar-refractivity contribution >= 4 is 29.6 Å². The van der Waals surface area contributed by atoms with E-state index in [1.165, 1.54) is 4.90 Å². The zero-order valence-electron chi connectivity index (χ0n) is 27.8. The number of piperidine rings is 1. The largest absolute Gasteiger partial charge is 0.441 e. The van der Waals surface area contributed by atoms with Crippen LogP contribution in [0.25, 0.3) is 0 Å². The lowest BCUT2D eigenvalue weighted by Crippen LogP contribution is -2.61. The molecule has 1 unspecified atom stereocenters. The second-order valence-electron chi connectivity index (χ2n) is 15.9. The molecule has 43 heavy (non-hydrogen) atoms. The van der Waals surface area contributed by atoms with Crippen LogP contribution < -0.4 is 16.4 Å². The Morgan fingerprint density at radius 2 is 1.58 bits per heavy atom. The van der Waals surface area contributed by atoms with Crippen molar-refractivity contribution in [1.82, 2.24) is 20.6 Å². The molecule has 0 aromatic heterocycles. The molecule has 244 valence electrons. The number of primary amides is 1. The first-order valence-corrected chi connectivity index (χ1v) is 15.3. The number of nitrogens with two attached hydrogens (primary N) is 1. The SMILES string of the molecule is CN(OCC(C)(C)OC(=O)N[C@H](C(=O)N1C[C@H]2[C@@H]([C@H]1C(=O)NC(CC1CC1)C(=O)C(N)=O)C2(C)C)C(C)(C)C)C(C)(C)C. The van der Waals surface area contributed by atoms with E-state index in [2.05, 4.69) is 24.5 Å². The van der Waals surface area contributed by atoms with Crippen molar-refractivity contribution in [2.75, 3.05) is 20.2 Å². The summed E-state index contributed by atoms with van der Waals surface area (Å²) in [7, 11) is 1.80. The first-order chi connectivity index (χ1) is 19.5. The Morgan fingerprint density at radius 1 is 1.00 bits per heavy atom. The van der Waals surface area contributed by atoms with Crippen molar-refractivity contribution in [1.29, 1.82) is 0 Å². The van der Waals surface area contributed by atoms with Crippen LogP contribution in [0.3, 0.4) is 0 Å². The van der Waals surface area contributed by atoms with Gasteiger partial charge in [0.1, 0.15) is 24.3 Å². The number of alkyl carbamates (subject to hydrolysis) is 1. The molecular formula is C31H53N5O7. The van der Waals surface area contributed by atoms with Gasteiger partial charge in [0.05, 0.1) is 6.04 Å². The lowest BCUT2D eigenvalue weighted by molar-refractivity contribution is -0.219. The zero-order valence-corrected chi connectivity index (χ0v) is 27.8. The van der Waals surface area contributed by atoms with Crippen LogP contribution in [0, 0.1) is 28.6 Å². The molecule has 0 bridgehead atoms. The van der Waals surface area contributed by atoms with Gasteiger partial charge in [0.15, 0.2) is 0 Å². The Balaban J connectivity index is 1.76. The Kier molecular flexibility index (Phi) is 9.69. The first-order valence-electron chi connectivity index (χ1n) is 15.3. The zero-order chi connectivity index (χ0) is 32.9. The number of ketones is 1. The highest BCUT2D eigenvalue weighted by Crippen LogP contribution is 2.65. The number of hydroxylamine groups is 2. The third kappa shape index (κ3) is 8.26. The van der Waals surface area contributed by atoms with Gasteiger partial charge in [-0.15, -0.1) is 0 Å². The molecule has 5 atom stereocenters. The van der Waals surface area contributed by atoms with Gasteiger partial charge in [-0.1, -0.05) is 47.5 Å². The number of nitrogens with one attached hydrogen (secondary N) is 2. The topological polar surface area (TPSA) is 160 Å². The quantitative estimate of drug-likeness (QED) is 0.225. The number of amides is 4. The van der Waals surface area contributed by atoms with E-state index < -0.39 is 58.7 Å². The molecule has 12 heteroatoms. The molecule has 0 radical (unpaired) electrons. The van der Waals surface area contributed by atoms with Crippen LogP contribution in [-0.2, 0) is 28.8 Å². The predicted octanol–water partition coefficient (Wildman–Crippen LogP) is 2.39. The van der Waals surface area contributed by atoms with Gasteiger partial charge >= 0.3 is 6.09 Å². The van der Waals surface area contributed by atoms with Crippen molar-refractivity contribution < 1.29 is 33.5 Å². The van der Waals surface area contributed by atoms with Crippen LogP contribution in [0.15, 0.2) is 0 Å². The molecule has 3 aliphatic rings. The number of nitrogens with zero attached hydrogens (tertiary/aromatic N) is 2. The molecule has 3 rings (SSSR count). The molecule has 2 aliphatic carbocycles. The Hall–Kier alpha value is -2.73. The number of ether oxygens (including phenoxy) is 1. The van der Waals surface area contributed by atoms with E-state index in [-0.39, 0.29) is 35.3 Å². The molecule has 1 saturated heterocycles. The van der Waals surface area contributed by atoms with E-state index in [4.69, 9.17) is 15.3 Å². The highest BCUT2D eigenvalue weighted by Gasteiger charge is 2.70. The number of carbonyl (C=O) groups excluding carboxylic acids is 5. The molecule has 1 aliphatic heterocycles. The highest BCUT2D eigenvalue weighted by atomic mass is 16.7. The van der Waals surface area contributed by atoms with Crippen molar-refractivity contribution in [3.05, 3.63) is 0 Å². The van der Waals surface area contributed by atoms with Crippen molar-refractivity contribution in [2.45, 2.75) is 118 Å². The molecule has 1 heterocycles. The Bertz CT molecular complexity index is 1120. The lowest BCUT2D eigenvalue weighted by Gasteiger charge is -2.38. The minimum Gasteiger partial charge on any atom is -0.441 e. The van der Waals surface area contributed by atoms with Gasteiger partial charge in [-0.05, 0) is 69.6 Å². The van der Waals surface area contributed by atoms with Crippen LogP contribution in [0.5, 0.6) is 0 Å². The number of carbonyl (C=O) groups is 5. The first kappa shape index (κ1) is 34.8. The summed E-state index contributed by atoms with van der Waals surface area (Å²) in [5.74, 6) is -2.60. The van der Waals surface area contributed by atoms with E-state index in [0.29, 0.717) is 13.0 Å².